The molecule has 0 radical (unpaired) electrons. The smallest absolute Gasteiger partial charge is 0.297 e. The van der Waals surface area contributed by atoms with Crippen LogP contribution in [-0.2, 0) is 70.8 Å². The van der Waals surface area contributed by atoms with Gasteiger partial charge in [0.1, 0.15) is 79.8 Å². The highest BCUT2D eigenvalue weighted by Crippen LogP contribution is 2.50. The molecule has 0 heterocycles. The van der Waals surface area contributed by atoms with Crippen molar-refractivity contribution in [1.29, 1.82) is 0 Å². The summed E-state index contributed by atoms with van der Waals surface area (Å²) < 4.78 is 247. The van der Waals surface area contributed by atoms with Crippen LogP contribution in [0.3, 0.4) is 0 Å². The number of nitrogen functional groups attached to an aromatic ring is 2. The fourth-order valence-corrected chi connectivity index (χ4v) is 13.6. The van der Waals surface area contributed by atoms with Crippen LogP contribution in [0.2, 0.25) is 0 Å². The van der Waals surface area contributed by atoms with E-state index in [0.29, 0.717) is 12.1 Å². The first-order valence-electron chi connectivity index (χ1n) is 22.8. The van der Waals surface area contributed by atoms with Crippen LogP contribution in [-0.4, -0.2) is 106 Å². The zero-order chi connectivity index (χ0) is 64.1. The SMILES string of the molecule is Nc1ccc(N=Nc2ccc3cc(S(=O)(=O)O)c(N=Nc4ccc5cc(S(=O)(=O)O)c(N=Nc6ccc7c(O)c(N=Nc8ccc9c(S(=O)(=O)O)cccc9c8S(=O)(=O)O)c(S(=O)(=O)O)cc7c6S(=O)(=O)O)c(N)c5c4O)cc3c2O)c(S(=O)(=O)O)c1. The Labute approximate surface area is 487 Å². The summed E-state index contributed by atoms with van der Waals surface area (Å²) in [5.41, 5.74) is 4.54. The molecule has 9 aromatic rings. The number of benzene rings is 9. The van der Waals surface area contributed by atoms with Crippen LogP contribution in [0.5, 0.6) is 17.2 Å². The zero-order valence-electron chi connectivity index (χ0n) is 42.2. The van der Waals surface area contributed by atoms with Crippen molar-refractivity contribution in [2.75, 3.05) is 11.5 Å². The fraction of sp³-hybridized carbons (Fsp3) is 0. The summed E-state index contributed by atoms with van der Waals surface area (Å²) in [4.78, 5) is -7.85. The Morgan fingerprint density at radius 3 is 1.30 bits per heavy atom. The largest absolute Gasteiger partial charge is 0.505 e. The van der Waals surface area contributed by atoms with Gasteiger partial charge in [0.25, 0.3) is 70.8 Å². The molecule has 0 amide bonds. The molecule has 0 aromatic heterocycles. The fourth-order valence-electron chi connectivity index (χ4n) is 8.65. The first-order chi connectivity index (χ1) is 40.2. The van der Waals surface area contributed by atoms with Crippen LogP contribution in [0.15, 0.2) is 184 Å². The highest BCUT2D eigenvalue weighted by Gasteiger charge is 2.31. The van der Waals surface area contributed by atoms with Gasteiger partial charge in [0.05, 0.1) is 11.1 Å². The van der Waals surface area contributed by atoms with Crippen molar-refractivity contribution in [3.05, 3.63) is 109 Å². The van der Waals surface area contributed by atoms with Crippen molar-refractivity contribution in [1.82, 2.24) is 0 Å². The third-order valence-corrected chi connectivity index (χ3v) is 18.6. The average molecular weight is 1330 g/mol. The molecule has 41 heteroatoms. The standard InChI is InChI=1S/C46H32N10O24S7/c47-21-6-11-27(35(16-21)83(66,67)68)49-50-28-9-4-19-14-34(82(63,64)65)32(17-25(19)42(28)57)54-51-29-10-5-20-15-36(84(69,70)71)40(39(48)38(20)44(29)59)55-52-31-13-8-23-26(46(31)87(78,79)80)18-37(85(72,73)74)41(43(23)58)56-53-30-12-7-22-24(45(30)86(75,76)77)2-1-3-33(22)81(60,61)62/h1-18,57-59H,47-48H2,(H,60,61,62)(H,63,64,65)(H,66,67,68)(H,69,70,71)(H,72,73,74)(H,75,76,77)(H,78,79,80). The number of aromatic hydroxyl groups is 3. The first-order valence-corrected chi connectivity index (χ1v) is 32.9. The summed E-state index contributed by atoms with van der Waals surface area (Å²) in [7, 11) is -37.5. The van der Waals surface area contributed by atoms with Crippen molar-refractivity contribution in [3.63, 3.8) is 0 Å². The van der Waals surface area contributed by atoms with Crippen LogP contribution in [0, 0.1) is 0 Å². The molecule has 0 bridgehead atoms. The summed E-state index contributed by atoms with van der Waals surface area (Å²) in [6, 6.07) is 16.0. The second-order valence-electron chi connectivity index (χ2n) is 17.8. The number of phenolic OH excluding ortho intramolecular Hbond substituents is 3. The number of nitrogens with two attached hydrogens (primary N) is 2. The molecule has 0 saturated heterocycles. The molecule has 452 valence electrons. The molecule has 87 heavy (non-hydrogen) atoms. The van der Waals surface area contributed by atoms with Gasteiger partial charge in [-0.3, -0.25) is 31.9 Å². The van der Waals surface area contributed by atoms with E-state index in [-0.39, 0.29) is 33.6 Å². The Morgan fingerprint density at radius 2 is 0.736 bits per heavy atom. The van der Waals surface area contributed by atoms with E-state index in [1.54, 1.807) is 0 Å². The Balaban J connectivity index is 1.15. The maximum atomic E-state index is 13.2. The monoisotopic (exact) mass is 1330 g/mol. The topological polar surface area (TPSA) is 592 Å². The summed E-state index contributed by atoms with van der Waals surface area (Å²) in [5.74, 6) is -3.13. The highest BCUT2D eigenvalue weighted by atomic mass is 32.2. The van der Waals surface area contributed by atoms with Crippen LogP contribution in [0.25, 0.3) is 43.1 Å². The van der Waals surface area contributed by atoms with Crippen LogP contribution in [0.1, 0.15) is 0 Å². The second kappa shape index (κ2) is 21.6. The summed E-state index contributed by atoms with van der Waals surface area (Å²) in [6.45, 7) is 0. The van der Waals surface area contributed by atoms with Gasteiger partial charge in [-0.25, -0.2) is 0 Å². The third-order valence-electron chi connectivity index (χ3n) is 12.3. The lowest BCUT2D eigenvalue weighted by Crippen LogP contribution is -2.04. The average Bonchev–Trinajstić information content (AvgIpc) is 0.915. The number of phenols is 3. The van der Waals surface area contributed by atoms with E-state index < -0.39 is 195 Å². The van der Waals surface area contributed by atoms with Crippen molar-refractivity contribution in [2.45, 2.75) is 34.3 Å². The predicted octanol–water partition coefficient (Wildman–Crippen LogP) is 8.97. The van der Waals surface area contributed by atoms with Gasteiger partial charge in [-0.2, -0.15) is 58.9 Å². The van der Waals surface area contributed by atoms with E-state index in [9.17, 15) is 106 Å². The predicted molar refractivity (Wildman–Crippen MR) is 301 cm³/mol. The minimum atomic E-state index is -5.76. The van der Waals surface area contributed by atoms with E-state index in [4.69, 9.17) is 11.5 Å². The number of anilines is 2. The summed E-state index contributed by atoms with van der Waals surface area (Å²) in [5, 5.41) is 59.9. The van der Waals surface area contributed by atoms with Gasteiger partial charge < -0.3 is 26.8 Å². The summed E-state index contributed by atoms with van der Waals surface area (Å²) >= 11 is 0. The lowest BCUT2D eigenvalue weighted by Gasteiger charge is -2.14. The van der Waals surface area contributed by atoms with Gasteiger partial charge in [0.2, 0.25) is 0 Å². The number of nitrogens with zero attached hydrogens (tertiary/aromatic N) is 8. The number of hydrogen-bond acceptors (Lipinski definition) is 27. The Kier molecular flexibility index (Phi) is 15.5. The maximum absolute atomic E-state index is 13.2. The third kappa shape index (κ3) is 12.2. The van der Waals surface area contributed by atoms with Gasteiger partial charge in [0, 0.05) is 32.6 Å². The molecule has 0 aliphatic carbocycles. The van der Waals surface area contributed by atoms with E-state index in [0.717, 1.165) is 78.9 Å². The minimum Gasteiger partial charge on any atom is -0.505 e. The Hall–Kier alpha value is -9.21. The molecule has 0 saturated carbocycles. The van der Waals surface area contributed by atoms with Crippen molar-refractivity contribution in [2.24, 2.45) is 40.9 Å². The Morgan fingerprint density at radius 1 is 0.299 bits per heavy atom. The molecule has 0 atom stereocenters. The van der Waals surface area contributed by atoms with Crippen LogP contribution >= 0.6 is 0 Å². The molecule has 14 N–H and O–H groups in total. The van der Waals surface area contributed by atoms with Crippen LogP contribution < -0.4 is 11.5 Å². The molecule has 0 aliphatic rings. The van der Waals surface area contributed by atoms with Crippen LogP contribution in [0.4, 0.5) is 56.9 Å². The number of rotatable bonds is 15. The number of hydrogen-bond donors (Lipinski definition) is 12. The molecule has 0 fully saturated rings. The van der Waals surface area contributed by atoms with Gasteiger partial charge >= 0.3 is 0 Å². The minimum absolute atomic E-state index is 0.0722. The van der Waals surface area contributed by atoms with E-state index >= 15 is 0 Å². The molecule has 0 unspecified atom stereocenters. The summed E-state index contributed by atoms with van der Waals surface area (Å²) in [6.07, 6.45) is 0. The quantitative estimate of drug-likeness (QED) is 0.0259. The van der Waals surface area contributed by atoms with Crippen molar-refractivity contribution < 1.29 is 106 Å². The van der Waals surface area contributed by atoms with Crippen molar-refractivity contribution in [3.8, 4) is 17.2 Å². The lowest BCUT2D eigenvalue weighted by molar-refractivity contribution is 0.471. The highest BCUT2D eigenvalue weighted by molar-refractivity contribution is 7.87. The van der Waals surface area contributed by atoms with E-state index in [1.165, 1.54) is 12.1 Å². The molecule has 0 spiro atoms. The van der Waals surface area contributed by atoms with Gasteiger partial charge in [-0.15, -0.1) is 40.9 Å². The normalized spacial score (nSPS) is 13.5. The maximum Gasteiger partial charge on any atom is 0.297 e. The second-order valence-corrected chi connectivity index (χ2v) is 27.5. The first kappa shape index (κ1) is 62.3. The molecule has 9 rings (SSSR count). The number of azo groups is 4. The molecule has 0 aliphatic heterocycles. The Bertz CT molecular complexity index is 5560. The van der Waals surface area contributed by atoms with Gasteiger partial charge in [0.15, 0.2) is 17.2 Å². The van der Waals surface area contributed by atoms with E-state index in [1.807, 2.05) is 0 Å². The lowest BCUT2D eigenvalue weighted by atomic mass is 10.1. The molecule has 9 aromatic carbocycles. The van der Waals surface area contributed by atoms with Gasteiger partial charge in [-0.05, 0) is 89.6 Å². The van der Waals surface area contributed by atoms with E-state index in [2.05, 4.69) is 40.9 Å². The molecular formula is C46H32N10O24S7. The van der Waals surface area contributed by atoms with Crippen molar-refractivity contribution >= 4 is 171 Å². The molecule has 34 nitrogen and oxygen atoms in total. The zero-order valence-corrected chi connectivity index (χ0v) is 47.9. The molecular weight excluding hydrogens is 1300 g/mol. The van der Waals surface area contributed by atoms with Gasteiger partial charge in [-0.1, -0.05) is 30.3 Å². The number of fused-ring (bicyclic) bond motifs is 4.